The molecule has 0 aliphatic heterocycles. The molecule has 0 saturated heterocycles. The van der Waals surface area contributed by atoms with Crippen LogP contribution in [0.1, 0.15) is 11.1 Å². The van der Waals surface area contributed by atoms with Gasteiger partial charge in [0.05, 0.1) is 0 Å². The summed E-state index contributed by atoms with van der Waals surface area (Å²) < 4.78 is 0. The summed E-state index contributed by atoms with van der Waals surface area (Å²) in [4.78, 5) is 0. The lowest BCUT2D eigenvalue weighted by atomic mass is 9.83. The first kappa shape index (κ1) is 31.5. The van der Waals surface area contributed by atoms with E-state index >= 15 is 0 Å². The minimum Gasteiger partial charge on any atom is -0.0622 e. The van der Waals surface area contributed by atoms with Crippen molar-refractivity contribution >= 4 is 32.3 Å². The fraction of sp³-hybridized carbons (Fsp3) is 0.0182. The molecule has 0 atom stereocenters. The maximum Gasteiger partial charge on any atom is -0.00132 e. The number of hydrogen-bond acceptors (Lipinski definition) is 0. The van der Waals surface area contributed by atoms with Crippen molar-refractivity contribution in [3.63, 3.8) is 0 Å². The lowest BCUT2D eigenvalue weighted by Gasteiger charge is -2.20. The second-order valence-corrected chi connectivity index (χ2v) is 14.8. The molecule has 55 heavy (non-hydrogen) atoms. The van der Waals surface area contributed by atoms with Crippen LogP contribution < -0.4 is 0 Å². The summed E-state index contributed by atoms with van der Waals surface area (Å²) in [7, 11) is 0. The Hall–Kier alpha value is -7.02. The predicted octanol–water partition coefficient (Wildman–Crippen LogP) is 15.1. The molecule has 0 amide bonds. The molecule has 0 heterocycles. The fourth-order valence-corrected chi connectivity index (χ4v) is 9.18. The molecule has 11 rings (SSSR count). The van der Waals surface area contributed by atoms with Crippen molar-refractivity contribution < 1.29 is 0 Å². The highest BCUT2D eigenvalue weighted by Gasteiger charge is 2.22. The van der Waals surface area contributed by atoms with Gasteiger partial charge in [-0.1, -0.05) is 188 Å². The van der Waals surface area contributed by atoms with Crippen molar-refractivity contribution in [2.45, 2.75) is 6.42 Å². The fourth-order valence-electron chi connectivity index (χ4n) is 9.18. The minimum atomic E-state index is 0.979. The molecule has 10 aromatic carbocycles. The third-order valence-electron chi connectivity index (χ3n) is 11.7. The zero-order valence-electron chi connectivity index (χ0n) is 30.3. The molecule has 0 spiro atoms. The van der Waals surface area contributed by atoms with Gasteiger partial charge in [0.25, 0.3) is 0 Å². The van der Waals surface area contributed by atoms with Gasteiger partial charge >= 0.3 is 0 Å². The smallest absolute Gasteiger partial charge is 0.00132 e. The molecule has 10 aromatic rings. The SMILES string of the molecule is c1ccc(-c2cc(-c3ccccc3)cc(-c3ccc(-c4c5ccccc5c(-c5ccc6c(c5)Cc5ccccc5-6)c5ccccc45)c4ccccc34)c2)cc1. The Bertz CT molecular complexity index is 2980. The van der Waals surface area contributed by atoms with Crippen LogP contribution >= 0.6 is 0 Å². The van der Waals surface area contributed by atoms with Crippen LogP contribution in [0.2, 0.25) is 0 Å². The molecule has 0 nitrogen and oxygen atoms in total. The van der Waals surface area contributed by atoms with Gasteiger partial charge in [-0.3, -0.25) is 0 Å². The average Bonchev–Trinajstić information content (AvgIpc) is 3.64. The first-order valence-electron chi connectivity index (χ1n) is 19.2. The van der Waals surface area contributed by atoms with Crippen LogP contribution in [0, 0.1) is 0 Å². The predicted molar refractivity (Wildman–Crippen MR) is 234 cm³/mol. The standard InChI is InChI=1S/C55H36/c1-3-15-36(16-4-1)40-33-41(37-17-5-2-6-18-37)35-43(34-40)46-29-30-53(48-22-10-9-21-47(46)48)55-51-25-13-11-23-49(51)54(50-24-12-14-26-52(50)55)39-27-28-45-42(32-39)31-38-19-7-8-20-44(38)45/h1-30,32-35H,31H2. The van der Waals surface area contributed by atoms with Crippen molar-refractivity contribution in [1.82, 2.24) is 0 Å². The van der Waals surface area contributed by atoms with E-state index in [1.807, 2.05) is 0 Å². The van der Waals surface area contributed by atoms with Gasteiger partial charge in [-0.2, -0.15) is 0 Å². The van der Waals surface area contributed by atoms with Crippen LogP contribution in [0.5, 0.6) is 0 Å². The first-order valence-corrected chi connectivity index (χ1v) is 19.2. The van der Waals surface area contributed by atoms with Crippen molar-refractivity contribution in [2.75, 3.05) is 0 Å². The third kappa shape index (κ3) is 5.22. The third-order valence-corrected chi connectivity index (χ3v) is 11.7. The van der Waals surface area contributed by atoms with Crippen LogP contribution in [0.3, 0.4) is 0 Å². The van der Waals surface area contributed by atoms with Crippen LogP contribution in [0.15, 0.2) is 206 Å². The van der Waals surface area contributed by atoms with Crippen LogP contribution in [-0.4, -0.2) is 0 Å². The number of rotatable bonds is 5. The summed E-state index contributed by atoms with van der Waals surface area (Å²) in [5.41, 5.74) is 18.0. The molecule has 0 bridgehead atoms. The van der Waals surface area contributed by atoms with E-state index in [-0.39, 0.29) is 0 Å². The monoisotopic (exact) mass is 696 g/mol. The van der Waals surface area contributed by atoms with Crippen LogP contribution in [0.25, 0.3) is 99.1 Å². The van der Waals surface area contributed by atoms with E-state index in [4.69, 9.17) is 0 Å². The van der Waals surface area contributed by atoms with Gasteiger partial charge in [0.1, 0.15) is 0 Å². The van der Waals surface area contributed by atoms with Gasteiger partial charge in [0.15, 0.2) is 0 Å². The summed E-state index contributed by atoms with van der Waals surface area (Å²) in [5, 5.41) is 7.61. The normalized spacial score (nSPS) is 11.9. The Morgan fingerprint density at radius 2 is 0.655 bits per heavy atom. The highest BCUT2D eigenvalue weighted by atomic mass is 14.3. The molecule has 0 N–H and O–H groups in total. The molecular weight excluding hydrogens is 661 g/mol. The quantitative estimate of drug-likeness (QED) is 0.157. The van der Waals surface area contributed by atoms with Crippen molar-refractivity contribution in [2.24, 2.45) is 0 Å². The molecular formula is C55H36. The van der Waals surface area contributed by atoms with Gasteiger partial charge in [-0.05, 0) is 135 Å². The zero-order valence-corrected chi connectivity index (χ0v) is 30.3. The zero-order chi connectivity index (χ0) is 36.3. The highest BCUT2D eigenvalue weighted by molar-refractivity contribution is 6.24. The molecule has 0 unspecified atom stereocenters. The Balaban J connectivity index is 1.13. The number of benzene rings is 10. The summed E-state index contributed by atoms with van der Waals surface area (Å²) >= 11 is 0. The van der Waals surface area contributed by atoms with E-state index in [0.29, 0.717) is 0 Å². The largest absolute Gasteiger partial charge is 0.0622 e. The topological polar surface area (TPSA) is 0 Å². The van der Waals surface area contributed by atoms with Gasteiger partial charge in [0.2, 0.25) is 0 Å². The number of hydrogen-bond donors (Lipinski definition) is 0. The van der Waals surface area contributed by atoms with E-state index in [2.05, 4.69) is 206 Å². The molecule has 1 aliphatic carbocycles. The molecule has 0 fully saturated rings. The lowest BCUT2D eigenvalue weighted by Crippen LogP contribution is -1.93. The van der Waals surface area contributed by atoms with Crippen molar-refractivity contribution in [3.05, 3.63) is 217 Å². The summed E-state index contributed by atoms with van der Waals surface area (Å²) in [6.45, 7) is 0. The Labute approximate surface area is 321 Å². The summed E-state index contributed by atoms with van der Waals surface area (Å²) in [6.07, 6.45) is 0.979. The van der Waals surface area contributed by atoms with E-state index in [1.165, 1.54) is 110 Å². The molecule has 256 valence electrons. The van der Waals surface area contributed by atoms with E-state index in [1.54, 1.807) is 0 Å². The molecule has 0 aromatic heterocycles. The van der Waals surface area contributed by atoms with Crippen LogP contribution in [-0.2, 0) is 6.42 Å². The van der Waals surface area contributed by atoms with E-state index in [0.717, 1.165) is 6.42 Å². The summed E-state index contributed by atoms with van der Waals surface area (Å²) in [5.74, 6) is 0. The lowest BCUT2D eigenvalue weighted by molar-refractivity contribution is 1.26. The highest BCUT2D eigenvalue weighted by Crippen LogP contribution is 2.48. The van der Waals surface area contributed by atoms with Gasteiger partial charge in [-0.25, -0.2) is 0 Å². The molecule has 0 radical (unpaired) electrons. The number of fused-ring (bicyclic) bond motifs is 6. The minimum absolute atomic E-state index is 0.979. The molecule has 0 saturated carbocycles. The maximum atomic E-state index is 2.45. The Morgan fingerprint density at radius 1 is 0.218 bits per heavy atom. The van der Waals surface area contributed by atoms with Crippen LogP contribution in [0.4, 0.5) is 0 Å². The average molecular weight is 697 g/mol. The van der Waals surface area contributed by atoms with Crippen molar-refractivity contribution in [3.8, 4) is 66.8 Å². The Morgan fingerprint density at radius 3 is 1.27 bits per heavy atom. The van der Waals surface area contributed by atoms with Gasteiger partial charge in [-0.15, -0.1) is 0 Å². The molecule has 0 heteroatoms. The summed E-state index contributed by atoms with van der Waals surface area (Å²) in [6, 6.07) is 76.3. The van der Waals surface area contributed by atoms with E-state index < -0.39 is 0 Å². The van der Waals surface area contributed by atoms with Crippen molar-refractivity contribution in [1.29, 1.82) is 0 Å². The first-order chi connectivity index (χ1) is 27.3. The Kier molecular flexibility index (Phi) is 7.35. The molecule has 1 aliphatic rings. The van der Waals surface area contributed by atoms with E-state index in [9.17, 15) is 0 Å². The second-order valence-electron chi connectivity index (χ2n) is 14.8. The van der Waals surface area contributed by atoms with Gasteiger partial charge in [0, 0.05) is 0 Å². The second kappa shape index (κ2) is 12.8. The van der Waals surface area contributed by atoms with Gasteiger partial charge < -0.3 is 0 Å². The maximum absolute atomic E-state index is 2.45.